The predicted octanol–water partition coefficient (Wildman–Crippen LogP) is 8.50. The maximum Gasteiger partial charge on any atom is 0.134 e. The highest BCUT2D eigenvalue weighted by Crippen LogP contribution is 2.26. The number of ether oxygens (including phenoxy) is 1. The van der Waals surface area contributed by atoms with Gasteiger partial charge in [0.25, 0.3) is 0 Å². The van der Waals surface area contributed by atoms with E-state index in [9.17, 15) is 0 Å². The molecule has 33 heavy (non-hydrogen) atoms. The van der Waals surface area contributed by atoms with Crippen LogP contribution < -0.4 is 5.49 Å². The summed E-state index contributed by atoms with van der Waals surface area (Å²) < 4.78 is 8.28. The zero-order valence-corrected chi connectivity index (χ0v) is 23.2. The van der Waals surface area contributed by atoms with E-state index in [1.165, 1.54) is 24.0 Å². The van der Waals surface area contributed by atoms with Crippen molar-refractivity contribution in [1.82, 2.24) is 4.57 Å². The molecule has 0 aromatic carbocycles. The molecule has 0 saturated carbocycles. The van der Waals surface area contributed by atoms with Crippen LogP contribution in [0, 0.1) is 11.8 Å². The van der Waals surface area contributed by atoms with Gasteiger partial charge < -0.3 is 9.30 Å². The van der Waals surface area contributed by atoms with E-state index in [-0.39, 0.29) is 0 Å². The van der Waals surface area contributed by atoms with Crippen molar-refractivity contribution >= 4 is 23.2 Å². The number of hydrogen-bond donors (Lipinski definition) is 0. The maximum atomic E-state index is 6.34. The van der Waals surface area contributed by atoms with Crippen molar-refractivity contribution in [2.75, 3.05) is 7.05 Å². The van der Waals surface area contributed by atoms with Gasteiger partial charge in [-0.05, 0) is 55.9 Å². The molecule has 0 aliphatic heterocycles. The number of pyridine rings is 1. The van der Waals surface area contributed by atoms with Crippen LogP contribution in [0.5, 0.6) is 0 Å². The minimum atomic E-state index is 0.392. The molecular weight excluding hydrogens is 451 g/mol. The number of halogens is 2. The van der Waals surface area contributed by atoms with E-state index in [1.807, 2.05) is 19.2 Å². The summed E-state index contributed by atoms with van der Waals surface area (Å²) in [4.78, 5) is 4.58. The fourth-order valence-electron chi connectivity index (χ4n) is 3.86. The summed E-state index contributed by atoms with van der Waals surface area (Å²) in [7, 11) is 1.83. The van der Waals surface area contributed by atoms with Gasteiger partial charge in [0.15, 0.2) is 0 Å². The van der Waals surface area contributed by atoms with Crippen LogP contribution in [0.4, 0.5) is 0 Å². The van der Waals surface area contributed by atoms with Crippen LogP contribution in [0.2, 0.25) is 0 Å². The molecule has 0 radical (unpaired) electrons. The zero-order valence-electron chi connectivity index (χ0n) is 21.7. The fourth-order valence-corrected chi connectivity index (χ4v) is 4.24. The zero-order chi connectivity index (χ0) is 25.0. The van der Waals surface area contributed by atoms with Gasteiger partial charge in [0.1, 0.15) is 17.9 Å². The highest BCUT2D eigenvalue weighted by molar-refractivity contribution is 6.32. The second kappa shape index (κ2) is 15.2. The average Bonchev–Trinajstić information content (AvgIpc) is 2.90. The molecule has 1 unspecified atom stereocenters. The first-order chi connectivity index (χ1) is 15.6. The molecular formula is C28H42Cl2N2O. The van der Waals surface area contributed by atoms with Crippen LogP contribution in [0.15, 0.2) is 68.5 Å². The van der Waals surface area contributed by atoms with Crippen molar-refractivity contribution in [2.45, 2.75) is 80.9 Å². The first kappa shape index (κ1) is 29.3. The van der Waals surface area contributed by atoms with Crippen molar-refractivity contribution in [2.24, 2.45) is 16.8 Å². The second-order valence-corrected chi connectivity index (χ2v) is 10.1. The summed E-state index contributed by atoms with van der Waals surface area (Å²) in [6.45, 7) is 16.8. The number of allylic oxidation sites excluding steroid dienone is 7. The Morgan fingerprint density at radius 2 is 1.85 bits per heavy atom. The van der Waals surface area contributed by atoms with Gasteiger partial charge in [-0.25, -0.2) is 0 Å². The summed E-state index contributed by atoms with van der Waals surface area (Å²) in [5.41, 5.74) is 4.79. The Hall–Kier alpha value is -1.71. The highest BCUT2D eigenvalue weighted by atomic mass is 35.5. The van der Waals surface area contributed by atoms with E-state index < -0.39 is 0 Å². The van der Waals surface area contributed by atoms with Crippen LogP contribution in [-0.2, 0) is 17.9 Å². The van der Waals surface area contributed by atoms with Crippen LogP contribution in [0.3, 0.4) is 0 Å². The third-order valence-electron chi connectivity index (χ3n) is 5.25. The smallest absolute Gasteiger partial charge is 0.134 e. The predicted molar refractivity (Wildman–Crippen MR) is 144 cm³/mol. The van der Waals surface area contributed by atoms with Gasteiger partial charge in [0, 0.05) is 36.8 Å². The Morgan fingerprint density at radius 1 is 1.18 bits per heavy atom. The number of aromatic nitrogens is 1. The summed E-state index contributed by atoms with van der Waals surface area (Å²) in [5.74, 6) is 1.88. The van der Waals surface area contributed by atoms with Crippen molar-refractivity contribution in [3.05, 3.63) is 74.6 Å². The Balaban J connectivity index is 0.00000172. The monoisotopic (exact) mass is 492 g/mol. The summed E-state index contributed by atoms with van der Waals surface area (Å²) in [6, 6.07) is 4.11. The molecule has 5 heteroatoms. The lowest BCUT2D eigenvalue weighted by Gasteiger charge is -2.22. The van der Waals surface area contributed by atoms with E-state index in [0.717, 1.165) is 17.6 Å². The van der Waals surface area contributed by atoms with E-state index in [4.69, 9.17) is 27.9 Å². The molecule has 1 heterocycles. The van der Waals surface area contributed by atoms with Crippen LogP contribution in [-0.4, -0.2) is 11.6 Å². The Labute approximate surface area is 211 Å². The Morgan fingerprint density at radius 3 is 2.42 bits per heavy atom. The minimum Gasteiger partial charge on any atom is -0.491 e. The van der Waals surface area contributed by atoms with Crippen molar-refractivity contribution < 1.29 is 4.74 Å². The van der Waals surface area contributed by atoms with Gasteiger partial charge in [-0.3, -0.25) is 4.99 Å². The first-order valence-corrected chi connectivity index (χ1v) is 12.7. The molecule has 1 aromatic rings. The number of hydrogen-bond acceptors (Lipinski definition) is 2. The molecule has 1 aliphatic rings. The second-order valence-electron chi connectivity index (χ2n) is 9.18. The van der Waals surface area contributed by atoms with E-state index in [0.29, 0.717) is 40.7 Å². The number of rotatable bonds is 8. The molecule has 1 atom stereocenters. The molecule has 0 N–H and O–H groups in total. The third kappa shape index (κ3) is 9.98. The lowest BCUT2D eigenvalue weighted by Crippen LogP contribution is -2.27. The fraction of sp³-hybridized carbons (Fsp3) is 0.536. The summed E-state index contributed by atoms with van der Waals surface area (Å²) in [6.07, 6.45) is 10.5. The minimum absolute atomic E-state index is 0.392. The highest BCUT2D eigenvalue weighted by Gasteiger charge is 2.15. The van der Waals surface area contributed by atoms with E-state index >= 15 is 0 Å². The standard InChI is InChI=1S/C25H34Cl2N2O.C3H8/c1-17(2)13-19(5)22(18(3)4)15-29-12-8-9-20(25(29)28-6)16-30-24-14-21(26)10-7-11-23(24)27;1-3-2/h7-12,17,19H,13-16H2,1-6H3;3H2,1-2H3. The van der Waals surface area contributed by atoms with Crippen LogP contribution >= 0.6 is 23.2 Å². The van der Waals surface area contributed by atoms with Gasteiger partial charge in [-0.2, -0.15) is 0 Å². The van der Waals surface area contributed by atoms with E-state index in [2.05, 4.69) is 76.4 Å². The molecule has 3 nitrogen and oxygen atoms in total. The molecule has 0 bridgehead atoms. The van der Waals surface area contributed by atoms with Gasteiger partial charge in [0.2, 0.25) is 0 Å². The summed E-state index contributed by atoms with van der Waals surface area (Å²) in [5, 5.41) is 1.28. The molecule has 0 spiro atoms. The van der Waals surface area contributed by atoms with Gasteiger partial charge in [-0.15, -0.1) is 0 Å². The molecule has 2 rings (SSSR count). The van der Waals surface area contributed by atoms with Crippen molar-refractivity contribution in [3.8, 4) is 0 Å². The molecule has 1 aliphatic carbocycles. The third-order valence-corrected chi connectivity index (χ3v) is 5.85. The Bertz CT molecular complexity index is 945. The number of nitrogens with zero attached hydrogens (tertiary/aromatic N) is 2. The van der Waals surface area contributed by atoms with Crippen molar-refractivity contribution in [3.63, 3.8) is 0 Å². The lowest BCUT2D eigenvalue weighted by atomic mass is 9.89. The van der Waals surface area contributed by atoms with E-state index in [1.54, 1.807) is 6.08 Å². The molecule has 0 amide bonds. The van der Waals surface area contributed by atoms with Gasteiger partial charge in [0.05, 0.1) is 5.03 Å². The van der Waals surface area contributed by atoms with Crippen molar-refractivity contribution in [1.29, 1.82) is 0 Å². The largest absolute Gasteiger partial charge is 0.491 e. The molecule has 184 valence electrons. The van der Waals surface area contributed by atoms with Gasteiger partial charge >= 0.3 is 0 Å². The molecule has 0 fully saturated rings. The summed E-state index contributed by atoms with van der Waals surface area (Å²) >= 11 is 12.6. The molecule has 1 aromatic heterocycles. The molecule has 0 saturated heterocycles. The Kier molecular flexibility index (Phi) is 13.5. The topological polar surface area (TPSA) is 26.5 Å². The van der Waals surface area contributed by atoms with Gasteiger partial charge in [-0.1, -0.05) is 82.0 Å². The quantitative estimate of drug-likeness (QED) is 0.334. The lowest BCUT2D eigenvalue weighted by molar-refractivity contribution is 0.191. The van der Waals surface area contributed by atoms with Crippen LogP contribution in [0.1, 0.15) is 73.3 Å². The normalized spacial score (nSPS) is 15.0. The SMILES string of the molecule is CCC.CN=c1c(COC2=C(Cl)C=CC=C(Cl)C2)cccn1CC(=C(C)C)C(C)CC(C)C. The van der Waals surface area contributed by atoms with Crippen LogP contribution in [0.25, 0.3) is 0 Å². The maximum absolute atomic E-state index is 6.34. The first-order valence-electron chi connectivity index (χ1n) is 12.0. The average molecular weight is 494 g/mol.